The summed E-state index contributed by atoms with van der Waals surface area (Å²) in [6.07, 6.45) is 3.45. The Balaban J connectivity index is 1.75. The summed E-state index contributed by atoms with van der Waals surface area (Å²) < 4.78 is 7.27. The van der Waals surface area contributed by atoms with E-state index in [0.29, 0.717) is 25.3 Å². The Hall–Kier alpha value is -1.66. The molecule has 1 unspecified atom stereocenters. The zero-order valence-electron chi connectivity index (χ0n) is 11.5. The Kier molecular flexibility index (Phi) is 4.36. The molecule has 1 aliphatic rings. The number of amides is 1. The number of hydrogen-bond donors (Lipinski definition) is 0. The van der Waals surface area contributed by atoms with Crippen LogP contribution in [-0.4, -0.2) is 51.7 Å². The van der Waals surface area contributed by atoms with E-state index in [4.69, 9.17) is 4.74 Å². The molecule has 0 radical (unpaired) electrons. The largest absolute Gasteiger partial charge is 0.374 e. The maximum atomic E-state index is 12.5. The SMILES string of the molecule is O=C(c1cnn(-c2ccccc2)c1)N1CCOC(CBr)C1. The molecule has 0 N–H and O–H groups in total. The second kappa shape index (κ2) is 6.41. The molecule has 0 saturated carbocycles. The average molecular weight is 350 g/mol. The van der Waals surface area contributed by atoms with Crippen molar-refractivity contribution < 1.29 is 9.53 Å². The van der Waals surface area contributed by atoms with Crippen LogP contribution < -0.4 is 0 Å². The van der Waals surface area contributed by atoms with Crippen LogP contribution in [-0.2, 0) is 4.74 Å². The number of hydrogen-bond acceptors (Lipinski definition) is 3. The van der Waals surface area contributed by atoms with Crippen LogP contribution in [0.2, 0.25) is 0 Å². The first kappa shape index (κ1) is 14.3. The normalized spacial score (nSPS) is 18.7. The van der Waals surface area contributed by atoms with Crippen molar-refractivity contribution in [3.63, 3.8) is 0 Å². The van der Waals surface area contributed by atoms with Crippen molar-refractivity contribution in [1.29, 1.82) is 0 Å². The van der Waals surface area contributed by atoms with E-state index in [9.17, 15) is 4.79 Å². The maximum Gasteiger partial charge on any atom is 0.257 e. The topological polar surface area (TPSA) is 47.4 Å². The van der Waals surface area contributed by atoms with Crippen LogP contribution >= 0.6 is 15.9 Å². The molecule has 1 saturated heterocycles. The minimum absolute atomic E-state index is 0.00595. The molecular weight excluding hydrogens is 334 g/mol. The molecule has 1 aliphatic heterocycles. The zero-order valence-corrected chi connectivity index (χ0v) is 13.1. The summed E-state index contributed by atoms with van der Waals surface area (Å²) >= 11 is 3.40. The van der Waals surface area contributed by atoms with Crippen molar-refractivity contribution in [1.82, 2.24) is 14.7 Å². The molecule has 1 aromatic carbocycles. The number of halogens is 1. The first-order valence-electron chi connectivity index (χ1n) is 6.85. The van der Waals surface area contributed by atoms with Gasteiger partial charge >= 0.3 is 0 Å². The fourth-order valence-electron chi connectivity index (χ4n) is 2.33. The number of morpholine rings is 1. The quantitative estimate of drug-likeness (QED) is 0.797. The molecule has 2 aromatic rings. The van der Waals surface area contributed by atoms with Gasteiger partial charge in [-0.1, -0.05) is 34.1 Å². The number of nitrogens with zero attached hydrogens (tertiary/aromatic N) is 3. The second-order valence-corrected chi connectivity index (χ2v) is 5.55. The molecule has 1 fully saturated rings. The van der Waals surface area contributed by atoms with Gasteiger partial charge in [-0.2, -0.15) is 5.10 Å². The summed E-state index contributed by atoms with van der Waals surface area (Å²) in [7, 11) is 0. The summed E-state index contributed by atoms with van der Waals surface area (Å²) in [6, 6.07) is 9.75. The van der Waals surface area contributed by atoms with Crippen LogP contribution in [0.4, 0.5) is 0 Å². The number of ether oxygens (including phenoxy) is 1. The third-order valence-electron chi connectivity index (χ3n) is 3.45. The van der Waals surface area contributed by atoms with Gasteiger partial charge in [0, 0.05) is 24.6 Å². The molecular formula is C15H16BrN3O2. The fraction of sp³-hybridized carbons (Fsp3) is 0.333. The van der Waals surface area contributed by atoms with E-state index >= 15 is 0 Å². The Bertz CT molecular complexity index is 614. The molecule has 21 heavy (non-hydrogen) atoms. The van der Waals surface area contributed by atoms with Crippen LogP contribution in [0, 0.1) is 0 Å². The first-order valence-corrected chi connectivity index (χ1v) is 7.97. The lowest BCUT2D eigenvalue weighted by Crippen LogP contribution is -2.46. The van der Waals surface area contributed by atoms with Gasteiger partial charge in [0.05, 0.1) is 30.2 Å². The Labute approximate surface area is 131 Å². The Morgan fingerprint density at radius 3 is 2.95 bits per heavy atom. The van der Waals surface area contributed by atoms with Crippen molar-refractivity contribution in [2.45, 2.75) is 6.10 Å². The fourth-order valence-corrected chi connectivity index (χ4v) is 2.73. The van der Waals surface area contributed by atoms with Crippen molar-refractivity contribution in [2.75, 3.05) is 25.0 Å². The van der Waals surface area contributed by atoms with E-state index in [-0.39, 0.29) is 12.0 Å². The summed E-state index contributed by atoms with van der Waals surface area (Å²) in [5, 5.41) is 5.01. The second-order valence-electron chi connectivity index (χ2n) is 4.91. The smallest absolute Gasteiger partial charge is 0.257 e. The third kappa shape index (κ3) is 3.16. The summed E-state index contributed by atoms with van der Waals surface area (Å²) in [5.74, 6) is 0.00595. The Morgan fingerprint density at radius 2 is 2.19 bits per heavy atom. The minimum atomic E-state index is 0.00595. The summed E-state index contributed by atoms with van der Waals surface area (Å²) in [6.45, 7) is 1.81. The molecule has 0 spiro atoms. The monoisotopic (exact) mass is 349 g/mol. The number of carbonyl (C=O) groups excluding carboxylic acids is 1. The van der Waals surface area contributed by atoms with Gasteiger partial charge in [0.25, 0.3) is 5.91 Å². The van der Waals surface area contributed by atoms with E-state index < -0.39 is 0 Å². The number of alkyl halides is 1. The number of aromatic nitrogens is 2. The predicted octanol–water partition coefficient (Wildman–Crippen LogP) is 2.11. The van der Waals surface area contributed by atoms with Gasteiger partial charge in [0.1, 0.15) is 0 Å². The van der Waals surface area contributed by atoms with Gasteiger partial charge in [-0.15, -0.1) is 0 Å². The van der Waals surface area contributed by atoms with E-state index in [1.807, 2.05) is 35.2 Å². The van der Waals surface area contributed by atoms with Gasteiger partial charge in [0.15, 0.2) is 0 Å². The lowest BCUT2D eigenvalue weighted by molar-refractivity contribution is -0.00965. The summed E-state index contributed by atoms with van der Waals surface area (Å²) in [5.41, 5.74) is 1.55. The molecule has 1 amide bonds. The van der Waals surface area contributed by atoms with Gasteiger partial charge in [-0.05, 0) is 12.1 Å². The average Bonchev–Trinajstić information content (AvgIpc) is 3.05. The number of benzene rings is 1. The minimum Gasteiger partial charge on any atom is -0.374 e. The van der Waals surface area contributed by atoms with Crippen LogP contribution in [0.5, 0.6) is 0 Å². The van der Waals surface area contributed by atoms with Gasteiger partial charge in [-0.3, -0.25) is 4.79 Å². The molecule has 0 aliphatic carbocycles. The number of para-hydroxylation sites is 1. The number of carbonyl (C=O) groups is 1. The first-order chi connectivity index (χ1) is 10.3. The third-order valence-corrected chi connectivity index (χ3v) is 4.17. The lowest BCUT2D eigenvalue weighted by atomic mass is 10.2. The van der Waals surface area contributed by atoms with Crippen molar-refractivity contribution in [2.24, 2.45) is 0 Å². The highest BCUT2D eigenvalue weighted by Gasteiger charge is 2.25. The van der Waals surface area contributed by atoms with Gasteiger partial charge in [0.2, 0.25) is 0 Å². The maximum absolute atomic E-state index is 12.5. The molecule has 6 heteroatoms. The van der Waals surface area contributed by atoms with E-state index in [1.54, 1.807) is 17.1 Å². The molecule has 2 heterocycles. The lowest BCUT2D eigenvalue weighted by Gasteiger charge is -2.31. The summed E-state index contributed by atoms with van der Waals surface area (Å²) in [4.78, 5) is 14.3. The van der Waals surface area contributed by atoms with E-state index in [0.717, 1.165) is 11.0 Å². The van der Waals surface area contributed by atoms with Crippen LogP contribution in [0.25, 0.3) is 5.69 Å². The molecule has 3 rings (SSSR count). The van der Waals surface area contributed by atoms with E-state index in [2.05, 4.69) is 21.0 Å². The standard InChI is InChI=1S/C15H16BrN3O2/c16-8-14-11-18(6-7-21-14)15(20)12-9-17-19(10-12)13-4-2-1-3-5-13/h1-5,9-10,14H,6-8,11H2. The van der Waals surface area contributed by atoms with Crippen molar-refractivity contribution in [3.8, 4) is 5.69 Å². The van der Waals surface area contributed by atoms with Crippen LogP contribution in [0.1, 0.15) is 10.4 Å². The van der Waals surface area contributed by atoms with Gasteiger partial charge < -0.3 is 9.64 Å². The van der Waals surface area contributed by atoms with E-state index in [1.165, 1.54) is 0 Å². The van der Waals surface area contributed by atoms with Gasteiger partial charge in [-0.25, -0.2) is 4.68 Å². The zero-order chi connectivity index (χ0) is 14.7. The van der Waals surface area contributed by atoms with Crippen LogP contribution in [0.3, 0.4) is 0 Å². The molecule has 5 nitrogen and oxygen atoms in total. The molecule has 110 valence electrons. The molecule has 0 bridgehead atoms. The highest BCUT2D eigenvalue weighted by Crippen LogP contribution is 2.13. The van der Waals surface area contributed by atoms with Crippen molar-refractivity contribution >= 4 is 21.8 Å². The highest BCUT2D eigenvalue weighted by molar-refractivity contribution is 9.09. The molecule has 1 atom stereocenters. The highest BCUT2D eigenvalue weighted by atomic mass is 79.9. The Morgan fingerprint density at radius 1 is 1.38 bits per heavy atom. The predicted molar refractivity (Wildman–Crippen MR) is 83.0 cm³/mol. The number of rotatable bonds is 3. The van der Waals surface area contributed by atoms with Crippen molar-refractivity contribution in [3.05, 3.63) is 48.3 Å². The molecule has 1 aromatic heterocycles. The van der Waals surface area contributed by atoms with Crippen LogP contribution in [0.15, 0.2) is 42.7 Å².